The SMILES string of the molecule is CCC(COC)NC(=O)C(C)(C)C(N)=S. The van der Waals surface area contributed by atoms with Gasteiger partial charge < -0.3 is 15.8 Å². The van der Waals surface area contributed by atoms with Gasteiger partial charge in [0.15, 0.2) is 0 Å². The molecule has 0 spiro atoms. The third-order valence-corrected chi connectivity index (χ3v) is 2.89. The Morgan fingerprint density at radius 2 is 2.13 bits per heavy atom. The molecule has 88 valence electrons. The molecule has 3 N–H and O–H groups in total. The van der Waals surface area contributed by atoms with Crippen LogP contribution in [-0.2, 0) is 9.53 Å². The van der Waals surface area contributed by atoms with Crippen LogP contribution in [0.2, 0.25) is 0 Å². The Morgan fingerprint density at radius 1 is 1.60 bits per heavy atom. The molecule has 0 fully saturated rings. The number of nitrogens with one attached hydrogen (secondary N) is 1. The molecule has 0 aliphatic heterocycles. The van der Waals surface area contributed by atoms with Crippen LogP contribution in [0.25, 0.3) is 0 Å². The largest absolute Gasteiger partial charge is 0.392 e. The zero-order valence-electron chi connectivity index (χ0n) is 9.79. The molecule has 0 bridgehead atoms. The minimum Gasteiger partial charge on any atom is -0.392 e. The molecule has 5 heteroatoms. The van der Waals surface area contributed by atoms with Gasteiger partial charge in [0.1, 0.15) is 0 Å². The highest BCUT2D eigenvalue weighted by Crippen LogP contribution is 2.15. The summed E-state index contributed by atoms with van der Waals surface area (Å²) in [5.41, 5.74) is 4.69. The molecule has 0 aromatic carbocycles. The summed E-state index contributed by atoms with van der Waals surface area (Å²) in [5.74, 6) is -0.154. The Hall–Kier alpha value is -0.680. The summed E-state index contributed by atoms with van der Waals surface area (Å²) in [6.45, 7) is 5.90. The Morgan fingerprint density at radius 3 is 2.47 bits per heavy atom. The number of methoxy groups -OCH3 is 1. The van der Waals surface area contributed by atoms with E-state index in [9.17, 15) is 4.79 Å². The van der Waals surface area contributed by atoms with Gasteiger partial charge in [-0.2, -0.15) is 0 Å². The number of hydrogen-bond acceptors (Lipinski definition) is 3. The summed E-state index contributed by atoms with van der Waals surface area (Å²) >= 11 is 4.85. The highest BCUT2D eigenvalue weighted by Gasteiger charge is 2.31. The van der Waals surface area contributed by atoms with Gasteiger partial charge in [-0.15, -0.1) is 0 Å². The molecule has 15 heavy (non-hydrogen) atoms. The molecule has 4 nitrogen and oxygen atoms in total. The lowest BCUT2D eigenvalue weighted by atomic mass is 9.92. The maximum Gasteiger partial charge on any atom is 0.232 e. The fraction of sp³-hybridized carbons (Fsp3) is 0.800. The molecule has 1 amide bonds. The average molecular weight is 232 g/mol. The van der Waals surface area contributed by atoms with Crippen molar-refractivity contribution < 1.29 is 9.53 Å². The standard InChI is InChI=1S/C10H20N2O2S/c1-5-7(6-14-4)12-9(13)10(2,3)8(11)15/h7H,5-6H2,1-4H3,(H2,11,15)(H,12,13). The van der Waals surface area contributed by atoms with E-state index >= 15 is 0 Å². The van der Waals surface area contributed by atoms with E-state index in [0.717, 1.165) is 6.42 Å². The minimum atomic E-state index is -0.809. The topological polar surface area (TPSA) is 64.3 Å². The predicted molar refractivity (Wildman–Crippen MR) is 64.7 cm³/mol. The van der Waals surface area contributed by atoms with Gasteiger partial charge in [0.05, 0.1) is 23.1 Å². The average Bonchev–Trinajstić information content (AvgIpc) is 2.16. The van der Waals surface area contributed by atoms with Gasteiger partial charge in [0, 0.05) is 7.11 Å². The molecule has 0 aliphatic rings. The first-order valence-corrected chi connectivity index (χ1v) is 5.36. The fourth-order valence-electron chi connectivity index (χ4n) is 0.940. The summed E-state index contributed by atoms with van der Waals surface area (Å²) in [6.07, 6.45) is 0.812. The second kappa shape index (κ2) is 6.02. The Kier molecular flexibility index (Phi) is 5.75. The third kappa shape index (κ3) is 4.13. The van der Waals surface area contributed by atoms with Crippen LogP contribution in [-0.4, -0.2) is 30.7 Å². The monoisotopic (exact) mass is 232 g/mol. The van der Waals surface area contributed by atoms with Crippen molar-refractivity contribution in [3.63, 3.8) is 0 Å². The van der Waals surface area contributed by atoms with Gasteiger partial charge in [-0.1, -0.05) is 19.1 Å². The molecule has 0 radical (unpaired) electrons. The summed E-state index contributed by atoms with van der Waals surface area (Å²) in [6, 6.07) is 0.0103. The number of nitrogens with two attached hydrogens (primary N) is 1. The van der Waals surface area contributed by atoms with E-state index in [4.69, 9.17) is 22.7 Å². The van der Waals surface area contributed by atoms with E-state index in [-0.39, 0.29) is 16.9 Å². The van der Waals surface area contributed by atoms with Gasteiger partial charge in [0.25, 0.3) is 0 Å². The van der Waals surface area contributed by atoms with Crippen LogP contribution < -0.4 is 11.1 Å². The van der Waals surface area contributed by atoms with Crippen LogP contribution in [0, 0.1) is 5.41 Å². The summed E-state index contributed by atoms with van der Waals surface area (Å²) < 4.78 is 4.99. The van der Waals surface area contributed by atoms with Crippen LogP contribution >= 0.6 is 12.2 Å². The molecule has 1 unspecified atom stereocenters. The van der Waals surface area contributed by atoms with Crippen molar-refractivity contribution in [2.75, 3.05) is 13.7 Å². The van der Waals surface area contributed by atoms with Gasteiger partial charge in [-0.3, -0.25) is 4.79 Å². The van der Waals surface area contributed by atoms with Crippen LogP contribution in [0.15, 0.2) is 0 Å². The first-order valence-electron chi connectivity index (χ1n) is 4.96. The maximum atomic E-state index is 11.8. The molecule has 0 saturated carbocycles. The number of hydrogen-bond donors (Lipinski definition) is 2. The maximum absolute atomic E-state index is 11.8. The van der Waals surface area contributed by atoms with Crippen LogP contribution in [0.5, 0.6) is 0 Å². The Labute approximate surface area is 96.5 Å². The fourth-order valence-corrected chi connectivity index (χ4v) is 1.03. The Bertz CT molecular complexity index is 242. The van der Waals surface area contributed by atoms with E-state index in [1.54, 1.807) is 21.0 Å². The van der Waals surface area contributed by atoms with Crippen LogP contribution in [0.3, 0.4) is 0 Å². The zero-order valence-corrected chi connectivity index (χ0v) is 10.6. The summed E-state index contributed by atoms with van der Waals surface area (Å²) in [4.78, 5) is 12.0. The quantitative estimate of drug-likeness (QED) is 0.666. The lowest BCUT2D eigenvalue weighted by Crippen LogP contribution is -2.49. The van der Waals surface area contributed by atoms with Crippen LogP contribution in [0.1, 0.15) is 27.2 Å². The molecule has 0 aliphatic carbocycles. The van der Waals surface area contributed by atoms with E-state index in [2.05, 4.69) is 5.32 Å². The third-order valence-electron chi connectivity index (χ3n) is 2.38. The normalized spacial score (nSPS) is 13.3. The molecule has 0 saturated heterocycles. The molecule has 0 heterocycles. The van der Waals surface area contributed by atoms with E-state index < -0.39 is 5.41 Å². The molecular formula is C10H20N2O2S. The van der Waals surface area contributed by atoms with Crippen molar-refractivity contribution in [1.29, 1.82) is 0 Å². The van der Waals surface area contributed by atoms with E-state index in [1.807, 2.05) is 6.92 Å². The van der Waals surface area contributed by atoms with Gasteiger partial charge >= 0.3 is 0 Å². The molecular weight excluding hydrogens is 212 g/mol. The molecule has 0 aromatic heterocycles. The van der Waals surface area contributed by atoms with Crippen molar-refractivity contribution in [2.24, 2.45) is 11.1 Å². The van der Waals surface area contributed by atoms with Crippen LogP contribution in [0.4, 0.5) is 0 Å². The minimum absolute atomic E-state index is 0.0103. The first kappa shape index (κ1) is 14.3. The number of carbonyl (C=O) groups is 1. The Balaban J connectivity index is 4.40. The smallest absolute Gasteiger partial charge is 0.232 e. The van der Waals surface area contributed by atoms with Crippen molar-refractivity contribution >= 4 is 23.1 Å². The van der Waals surface area contributed by atoms with Gasteiger partial charge in [-0.05, 0) is 20.3 Å². The molecule has 1 atom stereocenters. The second-order valence-electron chi connectivity index (χ2n) is 4.02. The second-order valence-corrected chi connectivity index (χ2v) is 4.46. The van der Waals surface area contributed by atoms with Crippen molar-refractivity contribution in [3.05, 3.63) is 0 Å². The summed E-state index contributed by atoms with van der Waals surface area (Å²) in [5, 5.41) is 2.86. The predicted octanol–water partition coefficient (Wildman–Crippen LogP) is 0.840. The number of carbonyl (C=O) groups excluding carboxylic acids is 1. The molecule has 0 rings (SSSR count). The van der Waals surface area contributed by atoms with Gasteiger partial charge in [0.2, 0.25) is 5.91 Å². The van der Waals surface area contributed by atoms with Crippen molar-refractivity contribution in [3.8, 4) is 0 Å². The highest BCUT2D eigenvalue weighted by atomic mass is 32.1. The highest BCUT2D eigenvalue weighted by molar-refractivity contribution is 7.80. The number of thiocarbonyl (C=S) groups is 1. The van der Waals surface area contributed by atoms with Gasteiger partial charge in [-0.25, -0.2) is 0 Å². The van der Waals surface area contributed by atoms with E-state index in [0.29, 0.717) is 6.61 Å². The lowest BCUT2D eigenvalue weighted by molar-refractivity contribution is -0.127. The van der Waals surface area contributed by atoms with E-state index in [1.165, 1.54) is 0 Å². The number of ether oxygens (including phenoxy) is 1. The number of amides is 1. The first-order chi connectivity index (χ1) is 6.86. The molecule has 0 aromatic rings. The zero-order chi connectivity index (χ0) is 12.1. The van der Waals surface area contributed by atoms with Crippen molar-refractivity contribution in [1.82, 2.24) is 5.32 Å². The van der Waals surface area contributed by atoms with Crippen molar-refractivity contribution in [2.45, 2.75) is 33.2 Å². The number of rotatable bonds is 6. The lowest BCUT2D eigenvalue weighted by Gasteiger charge is -2.25. The summed E-state index contributed by atoms with van der Waals surface area (Å²) in [7, 11) is 1.60.